The molecule has 2 aromatic rings. The molecule has 3 rings (SSSR count). The van der Waals surface area contributed by atoms with Gasteiger partial charge in [0.2, 0.25) is 0 Å². The van der Waals surface area contributed by atoms with Crippen LogP contribution in [0, 0.1) is 11.6 Å². The zero-order valence-electron chi connectivity index (χ0n) is 12.4. The minimum Gasteiger partial charge on any atom is -0.497 e. The molecule has 0 saturated carbocycles. The highest BCUT2D eigenvalue weighted by molar-refractivity contribution is 6.35. The van der Waals surface area contributed by atoms with E-state index in [4.69, 9.17) is 9.47 Å². The number of nitrogens with one attached hydrogen (secondary N) is 1. The maximum absolute atomic E-state index is 13.8. The lowest BCUT2D eigenvalue weighted by atomic mass is 10.0. The van der Waals surface area contributed by atoms with E-state index in [1.807, 2.05) is 0 Å². The second kappa shape index (κ2) is 5.72. The highest BCUT2D eigenvalue weighted by Gasteiger charge is 2.28. The molecular weight excluding hydrogens is 304 g/mol. The van der Waals surface area contributed by atoms with Crippen LogP contribution in [-0.4, -0.2) is 20.1 Å². The van der Waals surface area contributed by atoms with Gasteiger partial charge in [0.1, 0.15) is 23.1 Å². The first-order valence-electron chi connectivity index (χ1n) is 6.78. The summed E-state index contributed by atoms with van der Waals surface area (Å²) in [6, 6.07) is 6.92. The molecule has 0 aliphatic carbocycles. The molecule has 6 heteroatoms. The summed E-state index contributed by atoms with van der Waals surface area (Å²) in [6.45, 7) is 0. The van der Waals surface area contributed by atoms with Gasteiger partial charge in [-0.1, -0.05) is 0 Å². The fourth-order valence-electron chi connectivity index (χ4n) is 2.47. The summed E-state index contributed by atoms with van der Waals surface area (Å²) < 4.78 is 37.6. The molecule has 0 radical (unpaired) electrons. The number of anilines is 1. The average Bonchev–Trinajstić information content (AvgIpc) is 2.84. The number of halogens is 2. The third-order valence-corrected chi connectivity index (χ3v) is 3.57. The summed E-state index contributed by atoms with van der Waals surface area (Å²) in [5.74, 6) is -0.983. The minimum atomic E-state index is -0.811. The van der Waals surface area contributed by atoms with E-state index in [1.54, 1.807) is 18.2 Å². The maximum atomic E-state index is 13.8. The monoisotopic (exact) mass is 317 g/mol. The van der Waals surface area contributed by atoms with Gasteiger partial charge in [-0.15, -0.1) is 0 Å². The van der Waals surface area contributed by atoms with Gasteiger partial charge in [-0.2, -0.15) is 0 Å². The highest BCUT2D eigenvalue weighted by atomic mass is 19.1. The van der Waals surface area contributed by atoms with Gasteiger partial charge < -0.3 is 14.8 Å². The van der Waals surface area contributed by atoms with Crippen molar-refractivity contribution in [2.75, 3.05) is 19.5 Å². The van der Waals surface area contributed by atoms with E-state index in [1.165, 1.54) is 20.3 Å². The summed E-state index contributed by atoms with van der Waals surface area (Å²) in [4.78, 5) is 12.1. The zero-order chi connectivity index (χ0) is 16.6. The van der Waals surface area contributed by atoms with Gasteiger partial charge in [-0.25, -0.2) is 8.78 Å². The number of carbonyl (C=O) groups is 1. The summed E-state index contributed by atoms with van der Waals surface area (Å²) in [7, 11) is 3.01. The smallest absolute Gasteiger partial charge is 0.256 e. The van der Waals surface area contributed by atoms with Crippen molar-refractivity contribution in [2.24, 2.45) is 0 Å². The summed E-state index contributed by atoms with van der Waals surface area (Å²) >= 11 is 0. The van der Waals surface area contributed by atoms with E-state index < -0.39 is 17.5 Å². The minimum absolute atomic E-state index is 0.0236. The van der Waals surface area contributed by atoms with E-state index in [0.717, 1.165) is 12.1 Å². The molecule has 0 spiro atoms. The van der Waals surface area contributed by atoms with Crippen LogP contribution < -0.4 is 14.8 Å². The Morgan fingerprint density at radius 3 is 2.57 bits per heavy atom. The average molecular weight is 317 g/mol. The highest BCUT2D eigenvalue weighted by Crippen LogP contribution is 2.37. The summed E-state index contributed by atoms with van der Waals surface area (Å²) in [5.41, 5.74) is 0.876. The fraction of sp³-hybridized carbons (Fsp3) is 0.118. The van der Waals surface area contributed by atoms with Gasteiger partial charge in [-0.3, -0.25) is 4.79 Å². The van der Waals surface area contributed by atoms with E-state index in [0.29, 0.717) is 17.1 Å². The van der Waals surface area contributed by atoms with Gasteiger partial charge in [-0.05, 0) is 30.3 Å². The van der Waals surface area contributed by atoms with Crippen LogP contribution in [0.2, 0.25) is 0 Å². The first kappa shape index (κ1) is 15.0. The molecule has 0 fully saturated rings. The van der Waals surface area contributed by atoms with Crippen molar-refractivity contribution in [1.29, 1.82) is 0 Å². The quantitative estimate of drug-likeness (QED) is 0.882. The molecule has 0 unspecified atom stereocenters. The molecule has 0 aromatic heterocycles. The van der Waals surface area contributed by atoms with Crippen LogP contribution in [0.4, 0.5) is 14.5 Å². The molecule has 1 heterocycles. The molecule has 118 valence electrons. The van der Waals surface area contributed by atoms with Crippen LogP contribution in [0.15, 0.2) is 30.3 Å². The molecule has 1 amide bonds. The SMILES string of the molecule is COc1ccc(OC)c(C=C2C(=O)Nc3c(F)cc(F)cc32)c1. The van der Waals surface area contributed by atoms with Crippen LogP contribution in [0.1, 0.15) is 11.1 Å². The van der Waals surface area contributed by atoms with Crippen molar-refractivity contribution in [3.63, 3.8) is 0 Å². The van der Waals surface area contributed by atoms with Crippen LogP contribution in [0.5, 0.6) is 11.5 Å². The normalized spacial score (nSPS) is 14.6. The van der Waals surface area contributed by atoms with Gasteiger partial charge in [0, 0.05) is 22.8 Å². The third-order valence-electron chi connectivity index (χ3n) is 3.57. The van der Waals surface area contributed by atoms with Crippen LogP contribution in [0.3, 0.4) is 0 Å². The predicted molar refractivity (Wildman–Crippen MR) is 82.4 cm³/mol. The van der Waals surface area contributed by atoms with Crippen molar-refractivity contribution in [1.82, 2.24) is 0 Å². The van der Waals surface area contributed by atoms with Crippen LogP contribution in [0.25, 0.3) is 11.6 Å². The number of hydrogen-bond donors (Lipinski definition) is 1. The largest absolute Gasteiger partial charge is 0.497 e. The van der Waals surface area contributed by atoms with E-state index in [2.05, 4.69) is 5.32 Å². The van der Waals surface area contributed by atoms with Crippen molar-refractivity contribution in [3.8, 4) is 11.5 Å². The molecule has 23 heavy (non-hydrogen) atoms. The Morgan fingerprint density at radius 2 is 1.87 bits per heavy atom. The van der Waals surface area contributed by atoms with Crippen molar-refractivity contribution < 1.29 is 23.0 Å². The summed E-state index contributed by atoms with van der Waals surface area (Å²) in [5, 5.41) is 2.41. The number of methoxy groups -OCH3 is 2. The maximum Gasteiger partial charge on any atom is 0.256 e. The lowest BCUT2D eigenvalue weighted by molar-refractivity contribution is -0.110. The number of ether oxygens (including phenoxy) is 2. The second-order valence-corrected chi connectivity index (χ2v) is 4.93. The Morgan fingerprint density at radius 1 is 1.09 bits per heavy atom. The Hall–Kier alpha value is -2.89. The molecule has 1 N–H and O–H groups in total. The topological polar surface area (TPSA) is 47.6 Å². The molecule has 1 aliphatic heterocycles. The van der Waals surface area contributed by atoms with Gasteiger partial charge in [0.15, 0.2) is 0 Å². The molecule has 4 nitrogen and oxygen atoms in total. The molecule has 1 aliphatic rings. The Balaban J connectivity index is 2.17. The van der Waals surface area contributed by atoms with Crippen LogP contribution in [-0.2, 0) is 4.79 Å². The molecule has 0 saturated heterocycles. The van der Waals surface area contributed by atoms with Crippen LogP contribution >= 0.6 is 0 Å². The lowest BCUT2D eigenvalue weighted by Gasteiger charge is -2.08. The first-order valence-corrected chi connectivity index (χ1v) is 6.78. The Bertz CT molecular complexity index is 831. The van der Waals surface area contributed by atoms with E-state index >= 15 is 0 Å². The second-order valence-electron chi connectivity index (χ2n) is 4.93. The van der Waals surface area contributed by atoms with Gasteiger partial charge in [0.05, 0.1) is 19.9 Å². The number of hydrogen-bond acceptors (Lipinski definition) is 3. The van der Waals surface area contributed by atoms with Crippen molar-refractivity contribution in [3.05, 3.63) is 53.1 Å². The fourth-order valence-corrected chi connectivity index (χ4v) is 2.47. The Labute approximate surface area is 131 Å². The molecule has 0 atom stereocenters. The lowest BCUT2D eigenvalue weighted by Crippen LogP contribution is -2.04. The third kappa shape index (κ3) is 2.63. The number of fused-ring (bicyclic) bond motifs is 1. The predicted octanol–water partition coefficient (Wildman–Crippen LogP) is 3.47. The molecule has 0 bridgehead atoms. The first-order chi connectivity index (χ1) is 11.0. The standard InChI is InChI=1S/C17H13F2NO3/c1-22-11-3-4-15(23-2)9(5-11)6-13-12-7-10(18)8-14(19)16(12)20-17(13)21/h3-8H,1-2H3,(H,20,21). The van der Waals surface area contributed by atoms with Crippen molar-refractivity contribution in [2.45, 2.75) is 0 Å². The number of benzene rings is 2. The van der Waals surface area contributed by atoms with Gasteiger partial charge in [0.25, 0.3) is 5.91 Å². The summed E-state index contributed by atoms with van der Waals surface area (Å²) in [6.07, 6.45) is 1.52. The number of amides is 1. The zero-order valence-corrected chi connectivity index (χ0v) is 12.4. The van der Waals surface area contributed by atoms with Crippen molar-refractivity contribution >= 4 is 23.2 Å². The van der Waals surface area contributed by atoms with E-state index in [9.17, 15) is 13.6 Å². The van der Waals surface area contributed by atoms with E-state index in [-0.39, 0.29) is 16.8 Å². The number of rotatable bonds is 3. The molecule has 2 aromatic carbocycles. The molecular formula is C17H13F2NO3. The number of carbonyl (C=O) groups excluding carboxylic acids is 1. The van der Waals surface area contributed by atoms with Gasteiger partial charge >= 0.3 is 0 Å². The Kier molecular flexibility index (Phi) is 3.73.